The number of carbonyl (C=O) groups is 1. The Hall–Kier alpha value is -3.13. The molecule has 0 heterocycles. The number of hydrogen-bond donors (Lipinski definition) is 0. The second-order valence-electron chi connectivity index (χ2n) is 5.49. The largest absolute Gasteiger partial charge is 0.465 e. The van der Waals surface area contributed by atoms with Gasteiger partial charge in [-0.05, 0) is 51.7 Å². The molecule has 0 saturated heterocycles. The molecular formula is C26H30O2. The van der Waals surface area contributed by atoms with Crippen LogP contribution in [-0.2, 0) is 4.74 Å². The molecule has 0 aromatic heterocycles. The molecule has 0 saturated carbocycles. The van der Waals surface area contributed by atoms with Gasteiger partial charge in [-0.15, -0.1) is 0 Å². The number of esters is 1. The maximum Gasteiger partial charge on any atom is 0.337 e. The number of carbonyl (C=O) groups excluding carboxylic acids is 1. The first-order valence-electron chi connectivity index (χ1n) is 9.73. The Morgan fingerprint density at radius 3 is 2.00 bits per heavy atom. The zero-order valence-corrected chi connectivity index (χ0v) is 17.5. The molecule has 146 valence electrons. The Bertz CT molecular complexity index is 919. The van der Waals surface area contributed by atoms with Crippen LogP contribution in [0.1, 0.15) is 43.6 Å². The molecule has 0 aliphatic rings. The summed E-state index contributed by atoms with van der Waals surface area (Å²) in [5, 5.41) is 2.37. The highest BCUT2D eigenvalue weighted by atomic mass is 16.5. The van der Waals surface area contributed by atoms with Crippen molar-refractivity contribution >= 4 is 22.8 Å². The number of rotatable bonds is 4. The second kappa shape index (κ2) is 12.3. The summed E-state index contributed by atoms with van der Waals surface area (Å²) in [5.74, 6) is -0.319. The lowest BCUT2D eigenvalue weighted by Gasteiger charge is -2.06. The Morgan fingerprint density at radius 2 is 1.39 bits per heavy atom. The van der Waals surface area contributed by atoms with Crippen molar-refractivity contribution in [2.45, 2.75) is 27.7 Å². The van der Waals surface area contributed by atoms with Crippen molar-refractivity contribution in [3.63, 3.8) is 0 Å². The summed E-state index contributed by atoms with van der Waals surface area (Å²) in [5.41, 5.74) is 3.90. The molecule has 3 aromatic carbocycles. The molecule has 0 aliphatic carbocycles. The number of methoxy groups -OCH3 is 1. The Kier molecular flexibility index (Phi) is 10.1. The highest BCUT2D eigenvalue weighted by Crippen LogP contribution is 2.26. The SMILES string of the molecule is C=C/C=C/c1ccc2cc(-c3ccc(C(=O)OC)cc3)ccc2c1.CC.CC. The molecule has 0 unspecified atom stereocenters. The molecule has 3 rings (SSSR count). The highest BCUT2D eigenvalue weighted by molar-refractivity contribution is 5.91. The third-order valence-electron chi connectivity index (χ3n) is 3.93. The van der Waals surface area contributed by atoms with E-state index >= 15 is 0 Å². The summed E-state index contributed by atoms with van der Waals surface area (Å²) >= 11 is 0. The van der Waals surface area contributed by atoms with Crippen LogP contribution in [0, 0.1) is 0 Å². The van der Waals surface area contributed by atoms with Gasteiger partial charge in [0, 0.05) is 0 Å². The maximum absolute atomic E-state index is 11.5. The van der Waals surface area contributed by atoms with Gasteiger partial charge in [0.1, 0.15) is 0 Å². The van der Waals surface area contributed by atoms with E-state index in [1.807, 2.05) is 52.0 Å². The Balaban J connectivity index is 0.000000921. The first-order valence-corrected chi connectivity index (χ1v) is 9.73. The monoisotopic (exact) mass is 374 g/mol. The number of ether oxygens (including phenoxy) is 1. The van der Waals surface area contributed by atoms with Crippen molar-refractivity contribution in [1.29, 1.82) is 0 Å². The lowest BCUT2D eigenvalue weighted by Crippen LogP contribution is -2.00. The number of allylic oxidation sites excluding steroid dienone is 2. The van der Waals surface area contributed by atoms with Gasteiger partial charge in [-0.25, -0.2) is 4.79 Å². The summed E-state index contributed by atoms with van der Waals surface area (Å²) in [6, 6.07) is 20.2. The average Bonchev–Trinajstić information content (AvgIpc) is 2.79. The minimum atomic E-state index is -0.319. The number of hydrogen-bond acceptors (Lipinski definition) is 2. The summed E-state index contributed by atoms with van der Waals surface area (Å²) in [6.45, 7) is 11.7. The maximum atomic E-state index is 11.5. The van der Waals surface area contributed by atoms with Crippen LogP contribution in [0.4, 0.5) is 0 Å². The predicted octanol–water partition coefficient (Wildman–Crippen LogP) is 7.55. The molecule has 0 spiro atoms. The summed E-state index contributed by atoms with van der Waals surface area (Å²) < 4.78 is 4.73. The minimum absolute atomic E-state index is 0.319. The van der Waals surface area contributed by atoms with Crippen LogP contribution in [0.15, 0.2) is 79.4 Å². The van der Waals surface area contributed by atoms with Crippen molar-refractivity contribution < 1.29 is 9.53 Å². The second-order valence-corrected chi connectivity index (χ2v) is 5.49. The lowest BCUT2D eigenvalue weighted by atomic mass is 9.99. The van der Waals surface area contributed by atoms with Crippen LogP contribution < -0.4 is 0 Å². The summed E-state index contributed by atoms with van der Waals surface area (Å²) in [7, 11) is 1.39. The van der Waals surface area contributed by atoms with Crippen LogP contribution in [0.2, 0.25) is 0 Å². The van der Waals surface area contributed by atoms with Gasteiger partial charge in [0.15, 0.2) is 0 Å². The molecule has 0 bridgehead atoms. The zero-order chi connectivity index (χ0) is 20.9. The van der Waals surface area contributed by atoms with Crippen LogP contribution >= 0.6 is 0 Å². The van der Waals surface area contributed by atoms with Crippen molar-refractivity contribution in [3.8, 4) is 11.1 Å². The van der Waals surface area contributed by atoms with Gasteiger partial charge in [0.25, 0.3) is 0 Å². The van der Waals surface area contributed by atoms with Crippen LogP contribution in [-0.4, -0.2) is 13.1 Å². The van der Waals surface area contributed by atoms with Crippen LogP contribution in [0.3, 0.4) is 0 Å². The number of fused-ring (bicyclic) bond motifs is 1. The summed E-state index contributed by atoms with van der Waals surface area (Å²) in [4.78, 5) is 11.5. The van der Waals surface area contributed by atoms with E-state index in [1.165, 1.54) is 17.9 Å². The molecule has 0 N–H and O–H groups in total. The molecule has 2 heteroatoms. The molecular weight excluding hydrogens is 344 g/mol. The van der Waals surface area contributed by atoms with E-state index in [1.54, 1.807) is 18.2 Å². The van der Waals surface area contributed by atoms with Crippen molar-refractivity contribution in [3.05, 3.63) is 90.5 Å². The fourth-order valence-electron chi connectivity index (χ4n) is 2.64. The average molecular weight is 375 g/mol. The molecule has 0 atom stereocenters. The highest BCUT2D eigenvalue weighted by Gasteiger charge is 2.06. The fourth-order valence-corrected chi connectivity index (χ4v) is 2.64. The first kappa shape index (κ1) is 22.9. The normalized spacial score (nSPS) is 9.75. The van der Waals surface area contributed by atoms with Crippen molar-refractivity contribution in [2.24, 2.45) is 0 Å². The summed E-state index contributed by atoms with van der Waals surface area (Å²) in [6.07, 6.45) is 5.73. The van der Waals surface area contributed by atoms with E-state index in [0.29, 0.717) is 5.56 Å². The van der Waals surface area contributed by atoms with Gasteiger partial charge in [0.2, 0.25) is 0 Å². The molecule has 28 heavy (non-hydrogen) atoms. The van der Waals surface area contributed by atoms with Crippen LogP contribution in [0.25, 0.3) is 28.0 Å². The van der Waals surface area contributed by atoms with Gasteiger partial charge in [-0.3, -0.25) is 0 Å². The first-order chi connectivity index (χ1) is 13.7. The van der Waals surface area contributed by atoms with Gasteiger partial charge in [-0.2, -0.15) is 0 Å². The molecule has 3 aromatic rings. The van der Waals surface area contributed by atoms with E-state index in [0.717, 1.165) is 16.7 Å². The van der Waals surface area contributed by atoms with Crippen molar-refractivity contribution in [1.82, 2.24) is 0 Å². The lowest BCUT2D eigenvalue weighted by molar-refractivity contribution is 0.0601. The Morgan fingerprint density at radius 1 is 0.821 bits per heavy atom. The predicted molar refractivity (Wildman–Crippen MR) is 123 cm³/mol. The van der Waals surface area contributed by atoms with Crippen molar-refractivity contribution in [2.75, 3.05) is 7.11 Å². The topological polar surface area (TPSA) is 26.3 Å². The Labute approximate surface area is 169 Å². The molecule has 0 fully saturated rings. The van der Waals surface area contributed by atoms with E-state index in [2.05, 4.69) is 43.0 Å². The molecule has 0 radical (unpaired) electrons. The molecule has 2 nitrogen and oxygen atoms in total. The quantitative estimate of drug-likeness (QED) is 0.348. The third kappa shape index (κ3) is 5.95. The van der Waals surface area contributed by atoms with Crippen LogP contribution in [0.5, 0.6) is 0 Å². The van der Waals surface area contributed by atoms with Gasteiger partial charge < -0.3 is 4.74 Å². The smallest absolute Gasteiger partial charge is 0.337 e. The van der Waals surface area contributed by atoms with Gasteiger partial charge in [0.05, 0.1) is 12.7 Å². The fraction of sp³-hybridized carbons (Fsp3) is 0.192. The van der Waals surface area contributed by atoms with E-state index in [-0.39, 0.29) is 5.97 Å². The number of benzene rings is 3. The molecule has 0 amide bonds. The van der Waals surface area contributed by atoms with Gasteiger partial charge >= 0.3 is 5.97 Å². The zero-order valence-electron chi connectivity index (χ0n) is 17.5. The minimum Gasteiger partial charge on any atom is -0.465 e. The standard InChI is InChI=1S/C22H18O2.2C2H6/c1-3-4-5-16-6-7-21-15-20(13-12-19(21)14-16)17-8-10-18(11-9-17)22(23)24-2;2*1-2/h3-15H,1H2,2H3;2*1-2H3/b5-4+;;. The third-order valence-corrected chi connectivity index (χ3v) is 3.93. The van der Waals surface area contributed by atoms with E-state index in [4.69, 9.17) is 4.74 Å². The van der Waals surface area contributed by atoms with E-state index in [9.17, 15) is 4.79 Å². The van der Waals surface area contributed by atoms with E-state index < -0.39 is 0 Å². The molecule has 0 aliphatic heterocycles. The van der Waals surface area contributed by atoms with Gasteiger partial charge in [-0.1, -0.05) is 88.9 Å².